The Labute approximate surface area is 181 Å². The van der Waals surface area contributed by atoms with Crippen molar-refractivity contribution in [2.45, 2.75) is 45.3 Å². The number of H-pyrrole nitrogens is 2. The zero-order chi connectivity index (χ0) is 21.7. The maximum atomic E-state index is 11.9. The minimum absolute atomic E-state index is 0.137. The van der Waals surface area contributed by atoms with Gasteiger partial charge in [-0.3, -0.25) is 5.10 Å². The summed E-state index contributed by atoms with van der Waals surface area (Å²) in [7, 11) is 1.80. The van der Waals surface area contributed by atoms with Gasteiger partial charge in [-0.1, -0.05) is 26.8 Å². The van der Waals surface area contributed by atoms with E-state index in [1.54, 1.807) is 6.07 Å². The van der Waals surface area contributed by atoms with E-state index in [2.05, 4.69) is 74.1 Å². The second-order valence-corrected chi connectivity index (χ2v) is 11.8. The van der Waals surface area contributed by atoms with Crippen molar-refractivity contribution in [3.05, 3.63) is 40.8 Å². The van der Waals surface area contributed by atoms with Gasteiger partial charge in [0.1, 0.15) is 10.6 Å². The Kier molecular flexibility index (Phi) is 5.12. The van der Waals surface area contributed by atoms with Gasteiger partial charge in [-0.05, 0) is 48.7 Å². The molecule has 0 unspecified atom stereocenters. The highest BCUT2D eigenvalue weighted by Gasteiger charge is 2.26. The first kappa shape index (κ1) is 20.8. The summed E-state index contributed by atoms with van der Waals surface area (Å²) in [5.74, 6) is -0.338. The van der Waals surface area contributed by atoms with E-state index < -0.39 is 0 Å². The van der Waals surface area contributed by atoms with E-state index in [9.17, 15) is 4.79 Å². The third-order valence-electron chi connectivity index (χ3n) is 4.81. The molecule has 4 aromatic rings. The number of fused-ring (bicyclic) bond motifs is 2. The molecular formula is C22H25N3O3SSi. The number of thiophene rings is 1. The smallest absolute Gasteiger partial charge is 0.348 e. The van der Waals surface area contributed by atoms with Gasteiger partial charge >= 0.3 is 5.97 Å². The summed E-state index contributed by atoms with van der Waals surface area (Å²) in [6.07, 6.45) is 0. The average Bonchev–Trinajstić information content (AvgIpc) is 3.37. The molecule has 0 spiro atoms. The predicted octanol–water partition coefficient (Wildman–Crippen LogP) is 5.65. The van der Waals surface area contributed by atoms with E-state index in [1.807, 2.05) is 0 Å². The second-order valence-electron chi connectivity index (χ2n) is 8.87. The summed E-state index contributed by atoms with van der Waals surface area (Å²) < 4.78 is 12.0. The standard InChI is InChI=1S/C22H25N3O3SSi/c1-21(2,3)30-28-22(4,5)13-7-8-14-12(9-13)10-15(23-14)18-19-16(24-25-18)11-17(29-19)20(26)27-6/h7-11,23H,1-6H3,(H,24,25). The lowest BCUT2D eigenvalue weighted by molar-refractivity contribution is 0.0606. The van der Waals surface area contributed by atoms with Gasteiger partial charge < -0.3 is 14.1 Å². The zero-order valence-corrected chi connectivity index (χ0v) is 19.8. The molecule has 0 amide bonds. The van der Waals surface area contributed by atoms with Crippen LogP contribution in [0.1, 0.15) is 49.9 Å². The van der Waals surface area contributed by atoms with E-state index >= 15 is 0 Å². The number of hydrogen-bond donors (Lipinski definition) is 2. The molecule has 3 aromatic heterocycles. The monoisotopic (exact) mass is 439 g/mol. The Hall–Kier alpha value is -2.42. The number of ether oxygens (including phenoxy) is 1. The van der Waals surface area contributed by atoms with Crippen molar-refractivity contribution in [2.75, 3.05) is 7.11 Å². The molecule has 30 heavy (non-hydrogen) atoms. The first-order valence-electron chi connectivity index (χ1n) is 9.72. The highest BCUT2D eigenvalue weighted by atomic mass is 32.1. The number of aromatic nitrogens is 3. The quantitative estimate of drug-likeness (QED) is 0.311. The molecule has 2 N–H and O–H groups in total. The Morgan fingerprint density at radius 3 is 2.57 bits per heavy atom. The number of aromatic amines is 2. The second kappa shape index (κ2) is 7.37. The molecule has 0 aliphatic carbocycles. The summed E-state index contributed by atoms with van der Waals surface area (Å²) in [5.41, 5.74) is 4.32. The summed E-state index contributed by atoms with van der Waals surface area (Å²) in [4.78, 5) is 15.9. The number of methoxy groups -OCH3 is 1. The number of hydrogen-bond acceptors (Lipinski definition) is 5. The van der Waals surface area contributed by atoms with E-state index in [4.69, 9.17) is 9.16 Å². The van der Waals surface area contributed by atoms with Crippen molar-refractivity contribution >= 4 is 48.2 Å². The molecule has 0 fully saturated rings. The highest BCUT2D eigenvalue weighted by Crippen LogP contribution is 2.36. The van der Waals surface area contributed by atoms with Gasteiger partial charge in [-0.2, -0.15) is 5.10 Å². The summed E-state index contributed by atoms with van der Waals surface area (Å²) >= 11 is 1.38. The van der Waals surface area contributed by atoms with Crippen LogP contribution in [0.25, 0.3) is 32.5 Å². The number of benzene rings is 1. The molecule has 1 aromatic carbocycles. The van der Waals surface area contributed by atoms with Crippen molar-refractivity contribution in [3.63, 3.8) is 0 Å². The summed E-state index contributed by atoms with van der Waals surface area (Å²) in [6, 6.07) is 10.2. The van der Waals surface area contributed by atoms with Gasteiger partial charge in [0.05, 0.1) is 28.6 Å². The SMILES string of the molecule is COC(=O)c1cc2[nH]nc(-c3cc4cc(C(C)(C)O[Si]C(C)(C)C)ccc4[nH]3)c2s1. The van der Waals surface area contributed by atoms with Gasteiger partial charge in [0.2, 0.25) is 9.76 Å². The molecule has 0 saturated heterocycles. The number of nitrogens with zero attached hydrogens (tertiary/aromatic N) is 1. The van der Waals surface area contributed by atoms with E-state index in [0.29, 0.717) is 14.6 Å². The van der Waals surface area contributed by atoms with Crippen LogP contribution in [0.4, 0.5) is 0 Å². The largest absolute Gasteiger partial charge is 0.465 e. The summed E-state index contributed by atoms with van der Waals surface area (Å²) in [6.45, 7) is 10.8. The zero-order valence-electron chi connectivity index (χ0n) is 18.0. The number of carbonyl (C=O) groups is 1. The topological polar surface area (TPSA) is 80.0 Å². The van der Waals surface area contributed by atoms with Crippen molar-refractivity contribution in [1.29, 1.82) is 0 Å². The van der Waals surface area contributed by atoms with Crippen molar-refractivity contribution < 1.29 is 14.0 Å². The number of carbonyl (C=O) groups excluding carboxylic acids is 1. The maximum Gasteiger partial charge on any atom is 0.348 e. The molecule has 3 heterocycles. The van der Waals surface area contributed by atoms with Crippen LogP contribution in [-0.2, 0) is 14.8 Å². The molecule has 0 bridgehead atoms. The highest BCUT2D eigenvalue weighted by molar-refractivity contribution is 7.21. The van der Waals surface area contributed by atoms with Crippen LogP contribution in [0.3, 0.4) is 0 Å². The third-order valence-corrected chi connectivity index (χ3v) is 7.15. The molecular weight excluding hydrogens is 414 g/mol. The molecule has 0 saturated carbocycles. The van der Waals surface area contributed by atoms with Crippen LogP contribution in [0.15, 0.2) is 30.3 Å². The van der Waals surface area contributed by atoms with Gasteiger partial charge in [0.15, 0.2) is 0 Å². The van der Waals surface area contributed by atoms with Gasteiger partial charge in [-0.15, -0.1) is 11.3 Å². The number of rotatable bonds is 5. The van der Waals surface area contributed by atoms with Crippen molar-refractivity contribution in [2.24, 2.45) is 0 Å². The van der Waals surface area contributed by atoms with Gasteiger partial charge in [0.25, 0.3) is 0 Å². The molecule has 4 rings (SSSR count). The molecule has 0 aliphatic heterocycles. The lowest BCUT2D eigenvalue weighted by atomic mass is 9.97. The number of esters is 1. The van der Waals surface area contributed by atoms with E-state index in [0.717, 1.165) is 38.1 Å². The lowest BCUT2D eigenvalue weighted by Gasteiger charge is -2.29. The Balaban J connectivity index is 1.68. The first-order chi connectivity index (χ1) is 14.1. The van der Waals surface area contributed by atoms with Crippen molar-refractivity contribution in [1.82, 2.24) is 15.2 Å². The molecule has 0 atom stereocenters. The third kappa shape index (κ3) is 3.95. The Morgan fingerprint density at radius 1 is 1.10 bits per heavy atom. The van der Waals surface area contributed by atoms with Crippen molar-refractivity contribution in [3.8, 4) is 11.4 Å². The fourth-order valence-corrected chi connectivity index (χ4v) is 4.88. The summed E-state index contributed by atoms with van der Waals surface area (Å²) in [5, 5.41) is 8.70. The fraction of sp³-hybridized carbons (Fsp3) is 0.364. The minimum Gasteiger partial charge on any atom is -0.465 e. The lowest BCUT2D eigenvalue weighted by Crippen LogP contribution is -2.27. The predicted molar refractivity (Wildman–Crippen MR) is 122 cm³/mol. The van der Waals surface area contributed by atoms with Crippen LogP contribution in [0, 0.1) is 0 Å². The van der Waals surface area contributed by atoms with Gasteiger partial charge in [-0.25, -0.2) is 4.79 Å². The van der Waals surface area contributed by atoms with Crippen LogP contribution >= 0.6 is 11.3 Å². The van der Waals surface area contributed by atoms with Gasteiger partial charge in [0, 0.05) is 10.9 Å². The molecule has 156 valence electrons. The van der Waals surface area contributed by atoms with Crippen LogP contribution < -0.4 is 0 Å². The van der Waals surface area contributed by atoms with E-state index in [1.165, 1.54) is 18.4 Å². The molecule has 6 nitrogen and oxygen atoms in total. The average molecular weight is 440 g/mol. The fourth-order valence-electron chi connectivity index (χ4n) is 3.17. The van der Waals surface area contributed by atoms with Crippen LogP contribution in [-0.4, -0.2) is 38.0 Å². The van der Waals surface area contributed by atoms with E-state index in [-0.39, 0.29) is 16.6 Å². The first-order valence-corrected chi connectivity index (χ1v) is 11.4. The molecule has 8 heteroatoms. The molecule has 0 aliphatic rings. The van der Waals surface area contributed by atoms with Crippen LogP contribution in [0.5, 0.6) is 0 Å². The molecule has 2 radical (unpaired) electrons. The van der Waals surface area contributed by atoms with Crippen LogP contribution in [0.2, 0.25) is 5.04 Å². The normalized spacial score (nSPS) is 12.7. The Morgan fingerprint density at radius 2 is 1.87 bits per heavy atom. The minimum atomic E-state index is -0.375. The number of nitrogens with one attached hydrogen (secondary N) is 2. The Bertz CT molecular complexity index is 1230. The maximum absolute atomic E-state index is 11.9.